The molecule has 0 spiro atoms. The molecule has 2 heterocycles. The molecule has 0 saturated heterocycles. The normalized spacial score (nSPS) is 10.5. The van der Waals surface area contributed by atoms with E-state index >= 15 is 0 Å². The van der Waals surface area contributed by atoms with E-state index in [1.807, 2.05) is 31.2 Å². The molecule has 0 amide bonds. The Kier molecular flexibility index (Phi) is 3.35. The van der Waals surface area contributed by atoms with Crippen LogP contribution in [0.5, 0.6) is 0 Å². The van der Waals surface area contributed by atoms with Crippen LogP contribution in [0.1, 0.15) is 17.0 Å². The maximum absolute atomic E-state index is 11.9. The second-order valence-corrected chi connectivity index (χ2v) is 3.94. The highest BCUT2D eigenvalue weighted by atomic mass is 16.1. The van der Waals surface area contributed by atoms with Gasteiger partial charge in [-0.2, -0.15) is 0 Å². The van der Waals surface area contributed by atoms with Crippen molar-refractivity contribution in [2.75, 3.05) is 0 Å². The number of nitrogens with two attached hydrogens (primary N) is 1. The molecule has 88 valence electrons. The summed E-state index contributed by atoms with van der Waals surface area (Å²) in [6.45, 7) is 2.68. The van der Waals surface area contributed by atoms with Crippen molar-refractivity contribution in [3.05, 3.63) is 63.8 Å². The Balaban J connectivity index is 2.34. The summed E-state index contributed by atoms with van der Waals surface area (Å²) in [5, 5.41) is 0. The summed E-state index contributed by atoms with van der Waals surface area (Å²) >= 11 is 0. The number of hydrogen-bond acceptors (Lipinski definition) is 3. The first-order valence-corrected chi connectivity index (χ1v) is 5.51. The van der Waals surface area contributed by atoms with E-state index in [-0.39, 0.29) is 12.1 Å². The minimum Gasteiger partial charge on any atom is -0.326 e. The zero-order valence-corrected chi connectivity index (χ0v) is 9.76. The zero-order valence-electron chi connectivity index (χ0n) is 9.76. The van der Waals surface area contributed by atoms with E-state index in [0.29, 0.717) is 12.1 Å². The van der Waals surface area contributed by atoms with Crippen molar-refractivity contribution in [1.29, 1.82) is 0 Å². The first kappa shape index (κ1) is 11.5. The highest BCUT2D eigenvalue weighted by molar-refractivity contribution is 5.13. The molecular formula is C13H15N3O. The summed E-state index contributed by atoms with van der Waals surface area (Å²) in [7, 11) is 0. The second-order valence-electron chi connectivity index (χ2n) is 3.94. The summed E-state index contributed by atoms with van der Waals surface area (Å²) in [5.74, 6) is 0. The van der Waals surface area contributed by atoms with Crippen molar-refractivity contribution >= 4 is 0 Å². The Morgan fingerprint density at radius 1 is 1.29 bits per heavy atom. The highest BCUT2D eigenvalue weighted by Gasteiger charge is 2.02. The number of aryl methyl sites for hydroxylation is 1. The van der Waals surface area contributed by atoms with Gasteiger partial charge >= 0.3 is 0 Å². The molecule has 2 aromatic rings. The molecule has 0 fully saturated rings. The average Bonchev–Trinajstić information content (AvgIpc) is 2.32. The number of rotatable bonds is 3. The Morgan fingerprint density at radius 2 is 2.12 bits per heavy atom. The molecular weight excluding hydrogens is 214 g/mol. The van der Waals surface area contributed by atoms with Gasteiger partial charge in [0.15, 0.2) is 0 Å². The SMILES string of the molecule is Cc1cccc(Cn2cccc(CN)c2=O)n1. The van der Waals surface area contributed by atoms with Crippen LogP contribution in [0.2, 0.25) is 0 Å². The van der Waals surface area contributed by atoms with Crippen LogP contribution in [-0.4, -0.2) is 9.55 Å². The van der Waals surface area contributed by atoms with Crippen LogP contribution >= 0.6 is 0 Å². The third kappa shape index (κ3) is 2.60. The summed E-state index contributed by atoms with van der Waals surface area (Å²) in [6.07, 6.45) is 1.76. The predicted octanol–water partition coefficient (Wildman–Crippen LogP) is 1.06. The maximum Gasteiger partial charge on any atom is 0.255 e. The fourth-order valence-electron chi connectivity index (χ4n) is 1.73. The van der Waals surface area contributed by atoms with Gasteiger partial charge in [-0.15, -0.1) is 0 Å². The monoisotopic (exact) mass is 229 g/mol. The Hall–Kier alpha value is -1.94. The molecule has 2 aromatic heterocycles. The molecule has 17 heavy (non-hydrogen) atoms. The highest BCUT2D eigenvalue weighted by Crippen LogP contribution is 2.00. The van der Waals surface area contributed by atoms with Gasteiger partial charge in [0, 0.05) is 24.0 Å². The van der Waals surface area contributed by atoms with Crippen molar-refractivity contribution in [3.8, 4) is 0 Å². The fraction of sp³-hybridized carbons (Fsp3) is 0.231. The van der Waals surface area contributed by atoms with Crippen LogP contribution in [0.3, 0.4) is 0 Å². The van der Waals surface area contributed by atoms with Crippen molar-refractivity contribution in [3.63, 3.8) is 0 Å². The maximum atomic E-state index is 11.9. The quantitative estimate of drug-likeness (QED) is 0.856. The summed E-state index contributed by atoms with van der Waals surface area (Å²) in [6, 6.07) is 9.37. The van der Waals surface area contributed by atoms with Crippen LogP contribution in [-0.2, 0) is 13.1 Å². The lowest BCUT2D eigenvalue weighted by Crippen LogP contribution is -2.25. The molecule has 0 unspecified atom stereocenters. The van der Waals surface area contributed by atoms with Crippen molar-refractivity contribution in [2.24, 2.45) is 5.73 Å². The number of nitrogens with zero attached hydrogens (tertiary/aromatic N) is 2. The first-order valence-electron chi connectivity index (χ1n) is 5.51. The summed E-state index contributed by atoms with van der Waals surface area (Å²) in [4.78, 5) is 16.3. The number of aromatic nitrogens is 2. The molecule has 2 N–H and O–H groups in total. The minimum absolute atomic E-state index is 0.0432. The molecule has 2 rings (SSSR count). The van der Waals surface area contributed by atoms with Gasteiger partial charge in [0.05, 0.1) is 12.2 Å². The summed E-state index contributed by atoms with van der Waals surface area (Å²) in [5.41, 5.74) is 7.92. The van der Waals surface area contributed by atoms with Crippen LogP contribution in [0.15, 0.2) is 41.3 Å². The van der Waals surface area contributed by atoms with Gasteiger partial charge in [0.1, 0.15) is 0 Å². The van der Waals surface area contributed by atoms with Crippen LogP contribution in [0.25, 0.3) is 0 Å². The van der Waals surface area contributed by atoms with Crippen LogP contribution in [0, 0.1) is 6.92 Å². The molecule has 0 aromatic carbocycles. The largest absolute Gasteiger partial charge is 0.326 e. The van der Waals surface area contributed by atoms with Crippen molar-refractivity contribution < 1.29 is 0 Å². The molecule has 4 nitrogen and oxygen atoms in total. The minimum atomic E-state index is -0.0432. The van der Waals surface area contributed by atoms with Gasteiger partial charge < -0.3 is 10.3 Å². The molecule has 0 aliphatic heterocycles. The lowest BCUT2D eigenvalue weighted by atomic mass is 10.2. The molecule has 0 radical (unpaired) electrons. The Morgan fingerprint density at radius 3 is 2.82 bits per heavy atom. The van der Waals surface area contributed by atoms with Crippen molar-refractivity contribution in [2.45, 2.75) is 20.0 Å². The van der Waals surface area contributed by atoms with Gasteiger partial charge in [-0.25, -0.2) is 0 Å². The van der Waals surface area contributed by atoms with Gasteiger partial charge in [-0.1, -0.05) is 12.1 Å². The van der Waals surface area contributed by atoms with Gasteiger partial charge in [-0.3, -0.25) is 9.78 Å². The lowest BCUT2D eigenvalue weighted by molar-refractivity contribution is 0.724. The topological polar surface area (TPSA) is 60.9 Å². The molecule has 0 saturated carbocycles. The standard InChI is InChI=1S/C13H15N3O/c1-10-4-2-6-12(15-10)9-16-7-3-5-11(8-14)13(16)17/h2-7H,8-9,14H2,1H3. The van der Waals surface area contributed by atoms with Crippen LogP contribution in [0.4, 0.5) is 0 Å². The second kappa shape index (κ2) is 4.93. The number of hydrogen-bond donors (Lipinski definition) is 1. The summed E-state index contributed by atoms with van der Waals surface area (Å²) < 4.78 is 1.63. The zero-order chi connectivity index (χ0) is 12.3. The fourth-order valence-corrected chi connectivity index (χ4v) is 1.73. The van der Waals surface area contributed by atoms with E-state index in [0.717, 1.165) is 11.4 Å². The van der Waals surface area contributed by atoms with Gasteiger partial charge in [-0.05, 0) is 25.1 Å². The van der Waals surface area contributed by atoms with Gasteiger partial charge in [0.2, 0.25) is 0 Å². The van der Waals surface area contributed by atoms with Gasteiger partial charge in [0.25, 0.3) is 5.56 Å². The van der Waals surface area contributed by atoms with E-state index in [2.05, 4.69) is 4.98 Å². The molecule has 0 atom stereocenters. The van der Waals surface area contributed by atoms with Crippen LogP contribution < -0.4 is 11.3 Å². The molecule has 4 heteroatoms. The van der Waals surface area contributed by atoms with E-state index in [1.165, 1.54) is 0 Å². The molecule has 0 bridgehead atoms. The third-order valence-electron chi connectivity index (χ3n) is 2.60. The molecule has 0 aliphatic carbocycles. The molecule has 0 aliphatic rings. The van der Waals surface area contributed by atoms with E-state index in [4.69, 9.17) is 5.73 Å². The predicted molar refractivity (Wildman–Crippen MR) is 66.7 cm³/mol. The average molecular weight is 229 g/mol. The lowest BCUT2D eigenvalue weighted by Gasteiger charge is -2.07. The van der Waals surface area contributed by atoms with Crippen molar-refractivity contribution in [1.82, 2.24) is 9.55 Å². The van der Waals surface area contributed by atoms with E-state index < -0.39 is 0 Å². The first-order chi connectivity index (χ1) is 8.20. The van der Waals surface area contributed by atoms with E-state index in [9.17, 15) is 4.79 Å². The Labute approximate surface area is 99.7 Å². The third-order valence-corrected chi connectivity index (χ3v) is 2.60. The Bertz CT molecular complexity index is 575. The smallest absolute Gasteiger partial charge is 0.255 e. The van der Waals surface area contributed by atoms with E-state index in [1.54, 1.807) is 16.8 Å². The number of pyridine rings is 2.